The third-order valence-electron chi connectivity index (χ3n) is 3.55. The van der Waals surface area contributed by atoms with E-state index in [-0.39, 0.29) is 10.9 Å². The zero-order chi connectivity index (χ0) is 12.5. The van der Waals surface area contributed by atoms with E-state index in [1.807, 2.05) is 0 Å². The van der Waals surface area contributed by atoms with Gasteiger partial charge in [0.05, 0.1) is 4.87 Å². The van der Waals surface area contributed by atoms with Gasteiger partial charge in [-0.1, -0.05) is 13.8 Å². The predicted molar refractivity (Wildman–Crippen MR) is 70.3 cm³/mol. The number of piperidine rings is 1. The van der Waals surface area contributed by atoms with Crippen LogP contribution in [0.15, 0.2) is 0 Å². The number of nitrogens with zero attached hydrogens (tertiary/aromatic N) is 1. The van der Waals surface area contributed by atoms with Crippen molar-refractivity contribution in [3.8, 4) is 0 Å². The number of hydrogen-bond donors (Lipinski definition) is 2. The molecule has 0 bridgehead atoms. The maximum absolute atomic E-state index is 11.0. The molecule has 2 N–H and O–H groups in total. The van der Waals surface area contributed by atoms with Crippen LogP contribution in [0.25, 0.3) is 0 Å². The van der Waals surface area contributed by atoms with Crippen LogP contribution in [0, 0.1) is 5.92 Å². The minimum atomic E-state index is -0.709. The van der Waals surface area contributed by atoms with Gasteiger partial charge < -0.3 is 10.0 Å². The lowest BCUT2D eigenvalue weighted by molar-refractivity contribution is -0.139. The van der Waals surface area contributed by atoms with E-state index in [1.54, 1.807) is 11.8 Å². The first-order valence-corrected chi connectivity index (χ1v) is 7.36. The van der Waals surface area contributed by atoms with Gasteiger partial charge in [-0.3, -0.25) is 10.1 Å². The molecule has 0 radical (unpaired) electrons. The Bertz CT molecular complexity index is 288. The van der Waals surface area contributed by atoms with Crippen LogP contribution in [0.1, 0.15) is 26.7 Å². The highest BCUT2D eigenvalue weighted by Gasteiger charge is 2.43. The van der Waals surface area contributed by atoms with Crippen molar-refractivity contribution in [2.24, 2.45) is 5.92 Å². The second-order valence-electron chi connectivity index (χ2n) is 5.53. The van der Waals surface area contributed by atoms with E-state index in [0.29, 0.717) is 11.7 Å². The van der Waals surface area contributed by atoms with Gasteiger partial charge in [0.1, 0.15) is 6.04 Å². The van der Waals surface area contributed by atoms with Crippen LogP contribution in [0.4, 0.5) is 0 Å². The molecule has 1 spiro atoms. The summed E-state index contributed by atoms with van der Waals surface area (Å²) in [6.07, 6.45) is 2.13. The summed E-state index contributed by atoms with van der Waals surface area (Å²) in [7, 11) is 0. The van der Waals surface area contributed by atoms with Crippen molar-refractivity contribution in [1.29, 1.82) is 0 Å². The molecule has 2 saturated heterocycles. The lowest BCUT2D eigenvalue weighted by Gasteiger charge is -2.39. The Morgan fingerprint density at radius 3 is 2.65 bits per heavy atom. The van der Waals surface area contributed by atoms with E-state index >= 15 is 0 Å². The molecule has 2 rings (SSSR count). The molecule has 0 saturated carbocycles. The largest absolute Gasteiger partial charge is 0.480 e. The number of carboxylic acids is 1. The number of rotatable bonds is 3. The first-order chi connectivity index (χ1) is 8.01. The minimum absolute atomic E-state index is 0.0382. The summed E-state index contributed by atoms with van der Waals surface area (Å²) in [6.45, 7) is 7.82. The topological polar surface area (TPSA) is 52.6 Å². The summed E-state index contributed by atoms with van der Waals surface area (Å²) in [6, 6.07) is -0.350. The van der Waals surface area contributed by atoms with Crippen molar-refractivity contribution in [1.82, 2.24) is 10.2 Å². The molecule has 0 aromatic carbocycles. The molecule has 5 heteroatoms. The number of carbonyl (C=O) groups is 1. The summed E-state index contributed by atoms with van der Waals surface area (Å²) in [5.74, 6) is 0.707. The van der Waals surface area contributed by atoms with Crippen molar-refractivity contribution < 1.29 is 9.90 Å². The monoisotopic (exact) mass is 258 g/mol. The van der Waals surface area contributed by atoms with Crippen LogP contribution in [0.5, 0.6) is 0 Å². The highest BCUT2D eigenvalue weighted by Crippen LogP contribution is 2.39. The third kappa shape index (κ3) is 3.14. The van der Waals surface area contributed by atoms with Gasteiger partial charge in [0.2, 0.25) is 0 Å². The van der Waals surface area contributed by atoms with Gasteiger partial charge in [-0.25, -0.2) is 0 Å². The molecular formula is C12H22N2O2S. The van der Waals surface area contributed by atoms with E-state index in [0.717, 1.165) is 32.5 Å². The molecule has 17 heavy (non-hydrogen) atoms. The molecule has 4 nitrogen and oxygen atoms in total. The predicted octanol–water partition coefficient (Wildman–Crippen LogP) is 1.22. The van der Waals surface area contributed by atoms with Crippen LogP contribution < -0.4 is 5.32 Å². The number of carboxylic acid groups (broad SMARTS) is 1. The van der Waals surface area contributed by atoms with Crippen molar-refractivity contribution in [3.05, 3.63) is 0 Å². The van der Waals surface area contributed by atoms with Gasteiger partial charge in [0.15, 0.2) is 0 Å². The molecule has 0 unspecified atom stereocenters. The van der Waals surface area contributed by atoms with Gasteiger partial charge in [-0.05, 0) is 18.8 Å². The van der Waals surface area contributed by atoms with E-state index in [9.17, 15) is 4.79 Å². The first-order valence-electron chi connectivity index (χ1n) is 6.37. The summed E-state index contributed by atoms with van der Waals surface area (Å²) >= 11 is 1.80. The third-order valence-corrected chi connectivity index (χ3v) is 5.13. The Morgan fingerprint density at radius 2 is 2.18 bits per heavy atom. The summed E-state index contributed by atoms with van der Waals surface area (Å²) < 4.78 is 0. The number of nitrogens with one attached hydrogen (secondary N) is 1. The number of aliphatic carboxylic acids is 1. The molecule has 0 aromatic heterocycles. The summed E-state index contributed by atoms with van der Waals surface area (Å²) in [5.41, 5.74) is 0. The van der Waals surface area contributed by atoms with Gasteiger partial charge in [0, 0.05) is 25.4 Å². The Kier molecular flexibility index (Phi) is 4.00. The van der Waals surface area contributed by atoms with Crippen LogP contribution in [-0.2, 0) is 4.79 Å². The smallest absolute Gasteiger partial charge is 0.321 e. The number of likely N-dealkylation sites (tertiary alicyclic amines) is 1. The normalized spacial score (nSPS) is 29.0. The second kappa shape index (κ2) is 5.16. The van der Waals surface area contributed by atoms with Crippen LogP contribution >= 0.6 is 11.8 Å². The number of hydrogen-bond acceptors (Lipinski definition) is 4. The lowest BCUT2D eigenvalue weighted by atomic mass is 10.0. The highest BCUT2D eigenvalue weighted by atomic mass is 32.2. The highest BCUT2D eigenvalue weighted by molar-refractivity contribution is 8.01. The van der Waals surface area contributed by atoms with E-state index in [2.05, 4.69) is 24.1 Å². The molecular weight excluding hydrogens is 236 g/mol. The maximum Gasteiger partial charge on any atom is 0.321 e. The van der Waals surface area contributed by atoms with Crippen LogP contribution in [-0.4, -0.2) is 52.3 Å². The van der Waals surface area contributed by atoms with Gasteiger partial charge >= 0.3 is 5.97 Å². The fraction of sp³-hybridized carbons (Fsp3) is 0.917. The summed E-state index contributed by atoms with van der Waals surface area (Å²) in [4.78, 5) is 13.5. The van der Waals surface area contributed by atoms with E-state index < -0.39 is 5.97 Å². The average molecular weight is 258 g/mol. The SMILES string of the molecule is CC(C)CN1CCC2(CC1)N[C@H](C(=O)O)CS2. The molecule has 0 amide bonds. The molecule has 1 atom stereocenters. The zero-order valence-electron chi connectivity index (χ0n) is 10.6. The van der Waals surface area contributed by atoms with Crippen molar-refractivity contribution in [3.63, 3.8) is 0 Å². The average Bonchev–Trinajstić information content (AvgIpc) is 2.66. The molecule has 2 aliphatic heterocycles. The van der Waals surface area contributed by atoms with Gasteiger partial charge in [-0.15, -0.1) is 11.8 Å². The molecule has 2 heterocycles. The van der Waals surface area contributed by atoms with E-state index in [4.69, 9.17) is 5.11 Å². The van der Waals surface area contributed by atoms with Crippen molar-refractivity contribution in [2.75, 3.05) is 25.4 Å². The first kappa shape index (κ1) is 13.2. The maximum atomic E-state index is 11.0. The zero-order valence-corrected chi connectivity index (χ0v) is 11.4. The minimum Gasteiger partial charge on any atom is -0.480 e. The van der Waals surface area contributed by atoms with Gasteiger partial charge in [-0.2, -0.15) is 0 Å². The quantitative estimate of drug-likeness (QED) is 0.797. The lowest BCUT2D eigenvalue weighted by Crippen LogP contribution is -2.52. The molecule has 2 fully saturated rings. The van der Waals surface area contributed by atoms with Crippen LogP contribution in [0.3, 0.4) is 0 Å². The van der Waals surface area contributed by atoms with Crippen LogP contribution in [0.2, 0.25) is 0 Å². The van der Waals surface area contributed by atoms with E-state index in [1.165, 1.54) is 0 Å². The summed E-state index contributed by atoms with van der Waals surface area (Å²) in [5, 5.41) is 12.3. The second-order valence-corrected chi connectivity index (χ2v) is 6.94. The van der Waals surface area contributed by atoms with Gasteiger partial charge in [0.25, 0.3) is 0 Å². The molecule has 0 aliphatic carbocycles. The number of thioether (sulfide) groups is 1. The van der Waals surface area contributed by atoms with Crippen molar-refractivity contribution in [2.45, 2.75) is 37.6 Å². The Hall–Kier alpha value is -0.260. The van der Waals surface area contributed by atoms with Crippen molar-refractivity contribution >= 4 is 17.7 Å². The standard InChI is InChI=1S/C12H22N2O2S/c1-9(2)7-14-5-3-12(4-6-14)13-10(8-17-12)11(15)16/h9-10,13H,3-8H2,1-2H3,(H,15,16)/t10-/m0/s1. The molecule has 98 valence electrons. The fourth-order valence-electron chi connectivity index (χ4n) is 2.68. The Labute approximate surface area is 107 Å². The Morgan fingerprint density at radius 1 is 1.53 bits per heavy atom. The Balaban J connectivity index is 1.84. The molecule has 0 aromatic rings. The fourth-order valence-corrected chi connectivity index (χ4v) is 4.09. The molecule has 2 aliphatic rings.